The molecule has 1 aromatic carbocycles. The summed E-state index contributed by atoms with van der Waals surface area (Å²) in [6.45, 7) is 4.05. The van der Waals surface area contributed by atoms with E-state index < -0.39 is 4.92 Å². The number of ether oxygens (including phenoxy) is 1. The van der Waals surface area contributed by atoms with Gasteiger partial charge < -0.3 is 4.74 Å². The Morgan fingerprint density at radius 1 is 1.43 bits per heavy atom. The first kappa shape index (κ1) is 10.7. The van der Waals surface area contributed by atoms with Crippen molar-refractivity contribution in [1.29, 1.82) is 0 Å². The second kappa shape index (κ2) is 5.34. The first-order valence-corrected chi connectivity index (χ1v) is 4.37. The molecule has 14 heavy (non-hydrogen) atoms. The molecule has 0 unspecified atom stereocenters. The normalized spacial score (nSPS) is 10.1. The lowest BCUT2D eigenvalue weighted by Crippen LogP contribution is -1.95. The summed E-state index contributed by atoms with van der Waals surface area (Å²) < 4.78 is 5.06. The lowest BCUT2D eigenvalue weighted by molar-refractivity contribution is -0.384. The van der Waals surface area contributed by atoms with Crippen molar-refractivity contribution in [3.05, 3.63) is 46.6 Å². The van der Waals surface area contributed by atoms with Gasteiger partial charge in [-0.15, -0.1) is 0 Å². The average Bonchev–Trinajstić information content (AvgIpc) is 2.19. The number of benzene rings is 1. The van der Waals surface area contributed by atoms with Gasteiger partial charge in [-0.05, 0) is 18.9 Å². The number of hydrogen-bond acceptors (Lipinski definition) is 3. The summed E-state index contributed by atoms with van der Waals surface area (Å²) in [4.78, 5) is 9.95. The molecule has 1 aromatic rings. The number of rotatable bonds is 5. The highest BCUT2D eigenvalue weighted by atomic mass is 16.6. The molecule has 0 saturated heterocycles. The van der Waals surface area contributed by atoms with Gasteiger partial charge >= 0.3 is 0 Å². The maximum absolute atomic E-state index is 10.3. The van der Waals surface area contributed by atoms with Crippen LogP contribution in [0, 0.1) is 16.7 Å². The molecule has 4 nitrogen and oxygen atoms in total. The minimum Gasteiger partial charge on any atom is -0.375 e. The van der Waals surface area contributed by atoms with Gasteiger partial charge in [-0.1, -0.05) is 12.1 Å². The van der Waals surface area contributed by atoms with Gasteiger partial charge in [0.25, 0.3) is 5.69 Å². The lowest BCUT2D eigenvalue weighted by Gasteiger charge is -2.00. The Balaban J connectivity index is 2.51. The first-order valence-electron chi connectivity index (χ1n) is 4.37. The van der Waals surface area contributed by atoms with Gasteiger partial charge in [-0.25, -0.2) is 0 Å². The van der Waals surface area contributed by atoms with Crippen molar-refractivity contribution in [2.45, 2.75) is 13.3 Å². The topological polar surface area (TPSA) is 52.4 Å². The largest absolute Gasteiger partial charge is 0.375 e. The molecule has 0 aliphatic heterocycles. The van der Waals surface area contributed by atoms with E-state index in [1.54, 1.807) is 18.7 Å². The minimum absolute atomic E-state index is 0.122. The molecule has 0 fully saturated rings. The first-order chi connectivity index (χ1) is 6.74. The third-order valence-electron chi connectivity index (χ3n) is 1.82. The molecule has 0 heterocycles. The highest BCUT2D eigenvalue weighted by Gasteiger charge is 2.03. The van der Waals surface area contributed by atoms with E-state index >= 15 is 0 Å². The minimum atomic E-state index is -0.403. The molecule has 75 valence electrons. The predicted octanol–water partition coefficient (Wildman–Crippen LogP) is 2.34. The van der Waals surface area contributed by atoms with Crippen molar-refractivity contribution < 1.29 is 9.66 Å². The number of non-ortho nitro benzene ring substituents is 1. The molecule has 0 bridgehead atoms. The molecule has 0 spiro atoms. The Morgan fingerprint density at radius 3 is 2.57 bits per heavy atom. The van der Waals surface area contributed by atoms with E-state index in [-0.39, 0.29) is 5.69 Å². The number of nitro groups is 1. The third kappa shape index (κ3) is 3.14. The van der Waals surface area contributed by atoms with E-state index in [1.165, 1.54) is 12.1 Å². The SMILES string of the molecule is C[CH]OCCc1ccc([N+](=O)[O-])cc1. The van der Waals surface area contributed by atoms with Crippen molar-refractivity contribution in [3.63, 3.8) is 0 Å². The summed E-state index contributed by atoms with van der Waals surface area (Å²) >= 11 is 0. The summed E-state index contributed by atoms with van der Waals surface area (Å²) in [5.74, 6) is 0. The van der Waals surface area contributed by atoms with Crippen LogP contribution in [0.4, 0.5) is 5.69 Å². The zero-order chi connectivity index (χ0) is 10.4. The summed E-state index contributed by atoms with van der Waals surface area (Å²) in [6, 6.07) is 6.50. The van der Waals surface area contributed by atoms with Crippen LogP contribution < -0.4 is 0 Å². The molecule has 4 heteroatoms. The molecular weight excluding hydrogens is 182 g/mol. The van der Waals surface area contributed by atoms with Crippen molar-refractivity contribution in [2.75, 3.05) is 6.61 Å². The number of nitrogens with zero attached hydrogens (tertiary/aromatic N) is 1. The van der Waals surface area contributed by atoms with Gasteiger partial charge in [-0.2, -0.15) is 0 Å². The van der Waals surface area contributed by atoms with Crippen LogP contribution in [-0.4, -0.2) is 11.5 Å². The van der Waals surface area contributed by atoms with E-state index in [4.69, 9.17) is 4.74 Å². The fourth-order valence-corrected chi connectivity index (χ4v) is 1.08. The molecule has 0 saturated carbocycles. The molecule has 0 atom stereocenters. The van der Waals surface area contributed by atoms with Gasteiger partial charge in [0.2, 0.25) is 0 Å². The van der Waals surface area contributed by atoms with Crippen LogP contribution in [0.1, 0.15) is 12.5 Å². The van der Waals surface area contributed by atoms with Crippen LogP contribution in [-0.2, 0) is 11.2 Å². The molecule has 0 amide bonds. The predicted molar refractivity (Wildman–Crippen MR) is 52.7 cm³/mol. The van der Waals surface area contributed by atoms with Gasteiger partial charge in [0.1, 0.15) is 0 Å². The van der Waals surface area contributed by atoms with Gasteiger partial charge in [0, 0.05) is 12.1 Å². The molecular formula is C10H12NO3. The Morgan fingerprint density at radius 2 is 2.07 bits per heavy atom. The summed E-state index contributed by atoms with van der Waals surface area (Å²) in [5, 5.41) is 10.3. The van der Waals surface area contributed by atoms with Gasteiger partial charge in [0.15, 0.2) is 0 Å². The average molecular weight is 194 g/mol. The van der Waals surface area contributed by atoms with E-state index in [1.807, 2.05) is 6.92 Å². The van der Waals surface area contributed by atoms with Crippen LogP contribution in [0.3, 0.4) is 0 Å². The molecule has 0 aliphatic carbocycles. The van der Waals surface area contributed by atoms with Crippen LogP contribution in [0.5, 0.6) is 0 Å². The van der Waals surface area contributed by atoms with Gasteiger partial charge in [-0.3, -0.25) is 10.1 Å². The molecule has 0 N–H and O–H groups in total. The monoisotopic (exact) mass is 194 g/mol. The Kier molecular flexibility index (Phi) is 4.07. The van der Waals surface area contributed by atoms with Crippen molar-refractivity contribution in [3.8, 4) is 0 Å². The molecule has 0 aliphatic rings. The standard InChI is InChI=1S/C10H12NO3/c1-2-14-8-7-9-3-5-10(6-4-9)11(12)13/h2-6H,7-8H2,1H3. The Labute approximate surface area is 82.7 Å². The summed E-state index contributed by atoms with van der Waals surface area (Å²) in [7, 11) is 0. The molecule has 1 rings (SSSR count). The quantitative estimate of drug-likeness (QED) is 0.410. The summed E-state index contributed by atoms with van der Waals surface area (Å²) in [6.07, 6.45) is 0.766. The second-order valence-electron chi connectivity index (χ2n) is 2.78. The maximum atomic E-state index is 10.3. The van der Waals surface area contributed by atoms with E-state index in [0.717, 1.165) is 12.0 Å². The van der Waals surface area contributed by atoms with E-state index in [9.17, 15) is 10.1 Å². The van der Waals surface area contributed by atoms with Crippen LogP contribution in [0.15, 0.2) is 24.3 Å². The van der Waals surface area contributed by atoms with Crippen molar-refractivity contribution in [1.82, 2.24) is 0 Å². The fraction of sp³-hybridized carbons (Fsp3) is 0.300. The lowest BCUT2D eigenvalue weighted by atomic mass is 10.1. The highest BCUT2D eigenvalue weighted by Crippen LogP contribution is 2.12. The molecule has 0 aromatic heterocycles. The zero-order valence-corrected chi connectivity index (χ0v) is 7.97. The number of nitro benzene ring substituents is 1. The Bertz CT molecular complexity index is 295. The number of hydrogen-bond donors (Lipinski definition) is 0. The fourth-order valence-electron chi connectivity index (χ4n) is 1.08. The van der Waals surface area contributed by atoms with E-state index in [0.29, 0.717) is 6.61 Å². The zero-order valence-electron chi connectivity index (χ0n) is 7.97. The third-order valence-corrected chi connectivity index (χ3v) is 1.82. The van der Waals surface area contributed by atoms with Crippen molar-refractivity contribution in [2.24, 2.45) is 0 Å². The maximum Gasteiger partial charge on any atom is 0.269 e. The molecule has 1 radical (unpaired) electrons. The van der Waals surface area contributed by atoms with Crippen LogP contribution in [0.2, 0.25) is 0 Å². The van der Waals surface area contributed by atoms with Crippen LogP contribution >= 0.6 is 0 Å². The van der Waals surface area contributed by atoms with Crippen LogP contribution in [0.25, 0.3) is 0 Å². The van der Waals surface area contributed by atoms with Gasteiger partial charge in [0.05, 0.1) is 18.1 Å². The van der Waals surface area contributed by atoms with E-state index in [2.05, 4.69) is 0 Å². The van der Waals surface area contributed by atoms with Crippen molar-refractivity contribution >= 4 is 5.69 Å². The second-order valence-corrected chi connectivity index (χ2v) is 2.78. The Hall–Kier alpha value is -1.42. The summed E-state index contributed by atoms with van der Waals surface area (Å²) in [5.41, 5.74) is 1.16. The smallest absolute Gasteiger partial charge is 0.269 e. The highest BCUT2D eigenvalue weighted by molar-refractivity contribution is 5.32.